The lowest BCUT2D eigenvalue weighted by Crippen LogP contribution is -2.29. The van der Waals surface area contributed by atoms with Crippen molar-refractivity contribution in [2.24, 2.45) is 0 Å². The zero-order valence-corrected chi connectivity index (χ0v) is 19.5. The van der Waals surface area contributed by atoms with Crippen molar-refractivity contribution < 1.29 is 31.4 Å². The van der Waals surface area contributed by atoms with E-state index in [1.165, 1.54) is 0 Å². The number of pyridine rings is 1. The number of rotatable bonds is 7. The molecule has 1 aliphatic heterocycles. The minimum absolute atomic E-state index is 0.0184. The van der Waals surface area contributed by atoms with Crippen LogP contribution >= 0.6 is 0 Å². The Morgan fingerprint density at radius 2 is 1.80 bits per heavy atom. The highest BCUT2D eigenvalue weighted by Gasteiger charge is 2.46. The number of benzene rings is 1. The topological polar surface area (TPSA) is 107 Å². The second-order valence-corrected chi connectivity index (χ2v) is 9.85. The number of hydrogen-bond donors (Lipinski definition) is 1. The molecular formula is C22H23F3N4O5S. The van der Waals surface area contributed by atoms with Gasteiger partial charge in [-0.25, -0.2) is 22.8 Å². The van der Waals surface area contributed by atoms with Gasteiger partial charge in [0.15, 0.2) is 6.23 Å². The summed E-state index contributed by atoms with van der Waals surface area (Å²) in [5, 5.41) is 10.5. The molecule has 3 heterocycles. The van der Waals surface area contributed by atoms with Gasteiger partial charge in [-0.1, -0.05) is 0 Å². The Kier molecular flexibility index (Phi) is 6.64. The lowest BCUT2D eigenvalue weighted by molar-refractivity contribution is -0.0436. The first-order valence-corrected chi connectivity index (χ1v) is 12.3. The molecule has 2 aromatic heterocycles. The summed E-state index contributed by atoms with van der Waals surface area (Å²) in [6.07, 6.45) is 3.96. The summed E-state index contributed by atoms with van der Waals surface area (Å²) in [5.41, 5.74) is -5.59. The Bertz CT molecular complexity index is 1360. The molecule has 0 bridgehead atoms. The number of hydrogen-bond acceptors (Lipinski definition) is 7. The van der Waals surface area contributed by atoms with Gasteiger partial charge in [-0.3, -0.25) is 4.57 Å². The van der Waals surface area contributed by atoms with E-state index in [0.717, 1.165) is 71.3 Å². The summed E-state index contributed by atoms with van der Waals surface area (Å²) in [7, 11) is -5.54. The fourth-order valence-corrected chi connectivity index (χ4v) is 4.73. The standard InChI is InChI=1S/C22H23F3N4O5S/c1-2-34-20(15-9-10-26-18(13-15)27-11-3-4-12-27)28-14-19(30)29(21(28)31)16-5-7-17(8-6-16)35(32,33)22(23,24)25/h5-10,13-14,20,30H,2-4,11-12H2,1H3. The van der Waals surface area contributed by atoms with Crippen LogP contribution in [0.1, 0.15) is 31.6 Å². The van der Waals surface area contributed by atoms with Crippen LogP contribution in [0.5, 0.6) is 5.88 Å². The van der Waals surface area contributed by atoms with E-state index in [0.29, 0.717) is 5.56 Å². The molecule has 1 aliphatic rings. The summed E-state index contributed by atoms with van der Waals surface area (Å²) in [5.74, 6) is 0.239. The van der Waals surface area contributed by atoms with Crippen molar-refractivity contribution in [1.82, 2.24) is 14.1 Å². The van der Waals surface area contributed by atoms with E-state index in [1.54, 1.807) is 19.2 Å². The Labute approximate surface area is 198 Å². The van der Waals surface area contributed by atoms with Crippen molar-refractivity contribution in [2.75, 3.05) is 24.6 Å². The fourth-order valence-electron chi connectivity index (χ4n) is 3.97. The van der Waals surface area contributed by atoms with Gasteiger partial charge in [0, 0.05) is 31.5 Å². The maximum Gasteiger partial charge on any atom is 0.501 e. The van der Waals surface area contributed by atoms with Gasteiger partial charge in [0.2, 0.25) is 5.88 Å². The monoisotopic (exact) mass is 512 g/mol. The number of aromatic nitrogens is 3. The van der Waals surface area contributed by atoms with Crippen molar-refractivity contribution in [3.63, 3.8) is 0 Å². The molecule has 1 aromatic carbocycles. The van der Waals surface area contributed by atoms with Crippen molar-refractivity contribution in [3.8, 4) is 11.6 Å². The van der Waals surface area contributed by atoms with E-state index in [2.05, 4.69) is 9.88 Å². The summed E-state index contributed by atoms with van der Waals surface area (Å²) < 4.78 is 69.5. The van der Waals surface area contributed by atoms with Crippen molar-refractivity contribution in [2.45, 2.75) is 36.4 Å². The van der Waals surface area contributed by atoms with Crippen LogP contribution in [0.25, 0.3) is 5.69 Å². The normalized spacial score (nSPS) is 15.5. The quantitative estimate of drug-likeness (QED) is 0.518. The van der Waals surface area contributed by atoms with Gasteiger partial charge in [-0.15, -0.1) is 0 Å². The van der Waals surface area contributed by atoms with Gasteiger partial charge in [0.1, 0.15) is 5.82 Å². The van der Waals surface area contributed by atoms with Gasteiger partial charge in [0.05, 0.1) is 16.8 Å². The molecule has 0 saturated carbocycles. The fraction of sp³-hybridized carbons (Fsp3) is 0.364. The van der Waals surface area contributed by atoms with E-state index >= 15 is 0 Å². The highest BCUT2D eigenvalue weighted by molar-refractivity contribution is 7.92. The van der Waals surface area contributed by atoms with Crippen LogP contribution in [-0.2, 0) is 14.6 Å². The zero-order chi connectivity index (χ0) is 25.4. The third-order valence-electron chi connectivity index (χ3n) is 5.67. The molecule has 13 heteroatoms. The van der Waals surface area contributed by atoms with Crippen LogP contribution in [0, 0.1) is 0 Å². The number of aromatic hydroxyl groups is 1. The number of anilines is 1. The minimum Gasteiger partial charge on any atom is -0.493 e. The number of nitrogens with zero attached hydrogens (tertiary/aromatic N) is 4. The van der Waals surface area contributed by atoms with Crippen LogP contribution in [0.4, 0.5) is 19.0 Å². The van der Waals surface area contributed by atoms with E-state index in [1.807, 2.05) is 6.07 Å². The van der Waals surface area contributed by atoms with Gasteiger partial charge in [-0.2, -0.15) is 13.2 Å². The van der Waals surface area contributed by atoms with Crippen molar-refractivity contribution >= 4 is 15.7 Å². The SMILES string of the molecule is CCOC(c1ccnc(N2CCCC2)c1)n1cc(O)n(-c2ccc(S(=O)(=O)C(F)(F)F)cc2)c1=O. The molecular weight excluding hydrogens is 489 g/mol. The first-order chi connectivity index (χ1) is 16.5. The lowest BCUT2D eigenvalue weighted by atomic mass is 10.2. The molecule has 1 atom stereocenters. The van der Waals surface area contributed by atoms with Gasteiger partial charge in [0.25, 0.3) is 9.84 Å². The zero-order valence-electron chi connectivity index (χ0n) is 18.6. The predicted octanol–water partition coefficient (Wildman–Crippen LogP) is 3.22. The molecule has 1 unspecified atom stereocenters. The van der Waals surface area contributed by atoms with Crippen molar-refractivity contribution in [3.05, 3.63) is 64.8 Å². The Hall–Kier alpha value is -3.32. The first-order valence-electron chi connectivity index (χ1n) is 10.8. The molecule has 35 heavy (non-hydrogen) atoms. The molecule has 1 saturated heterocycles. The Balaban J connectivity index is 1.72. The molecule has 0 spiro atoms. The van der Waals surface area contributed by atoms with Crippen molar-refractivity contribution in [1.29, 1.82) is 0 Å². The number of alkyl halides is 3. The smallest absolute Gasteiger partial charge is 0.493 e. The molecule has 3 aromatic rings. The molecule has 0 amide bonds. The average Bonchev–Trinajstić information content (AvgIpc) is 3.45. The maximum atomic E-state index is 13.2. The second kappa shape index (κ2) is 9.38. The number of imidazole rings is 1. The molecule has 1 fully saturated rings. The van der Waals surface area contributed by atoms with Crippen LogP contribution in [0.3, 0.4) is 0 Å². The predicted molar refractivity (Wildman–Crippen MR) is 120 cm³/mol. The second-order valence-electron chi connectivity index (χ2n) is 7.90. The van der Waals surface area contributed by atoms with E-state index in [-0.39, 0.29) is 12.3 Å². The van der Waals surface area contributed by atoms with Crippen LogP contribution in [0.2, 0.25) is 0 Å². The van der Waals surface area contributed by atoms with Gasteiger partial charge >= 0.3 is 11.2 Å². The van der Waals surface area contributed by atoms with E-state index < -0.39 is 38.0 Å². The average molecular weight is 513 g/mol. The summed E-state index contributed by atoms with van der Waals surface area (Å²) in [6.45, 7) is 3.73. The van der Waals surface area contributed by atoms with Gasteiger partial charge in [-0.05, 0) is 56.2 Å². The molecule has 9 nitrogen and oxygen atoms in total. The molecule has 0 aliphatic carbocycles. The third kappa shape index (κ3) is 4.65. The van der Waals surface area contributed by atoms with Crippen LogP contribution in [0.15, 0.2) is 58.5 Å². The Morgan fingerprint density at radius 1 is 1.14 bits per heavy atom. The third-order valence-corrected chi connectivity index (χ3v) is 7.17. The number of sulfone groups is 1. The molecule has 188 valence electrons. The van der Waals surface area contributed by atoms with Crippen LogP contribution in [-0.4, -0.2) is 52.8 Å². The largest absolute Gasteiger partial charge is 0.501 e. The lowest BCUT2D eigenvalue weighted by Gasteiger charge is -2.21. The maximum absolute atomic E-state index is 13.2. The molecule has 1 N–H and O–H groups in total. The minimum atomic E-state index is -5.54. The highest BCUT2D eigenvalue weighted by Crippen LogP contribution is 2.31. The summed E-state index contributed by atoms with van der Waals surface area (Å²) >= 11 is 0. The Morgan fingerprint density at radius 3 is 2.40 bits per heavy atom. The van der Waals surface area contributed by atoms with Crippen LogP contribution < -0.4 is 10.6 Å². The van der Waals surface area contributed by atoms with E-state index in [9.17, 15) is 31.5 Å². The molecule has 4 rings (SSSR count). The van der Waals surface area contributed by atoms with E-state index in [4.69, 9.17) is 4.74 Å². The number of ether oxygens (including phenoxy) is 1. The summed E-state index contributed by atoms with van der Waals surface area (Å²) in [6, 6.07) is 6.98. The summed E-state index contributed by atoms with van der Waals surface area (Å²) in [4.78, 5) is 18.8. The highest BCUT2D eigenvalue weighted by atomic mass is 32.2. The number of halogens is 3. The molecule has 0 radical (unpaired) electrons. The van der Waals surface area contributed by atoms with Gasteiger partial charge < -0.3 is 14.7 Å². The first kappa shape index (κ1) is 24.8.